The van der Waals surface area contributed by atoms with Crippen molar-refractivity contribution >= 4 is 23.6 Å². The molecule has 2 saturated heterocycles. The SMILES string of the molecule is CC(C)C[C@H](NC(=O)[C@H]1NC(=O)C[C@H]1C)C(=O)N1CCC[C@H]1C(N)=O. The van der Waals surface area contributed by atoms with Crippen molar-refractivity contribution in [2.45, 2.75) is 64.6 Å². The van der Waals surface area contributed by atoms with Crippen LogP contribution in [0.15, 0.2) is 0 Å². The van der Waals surface area contributed by atoms with Crippen molar-refractivity contribution in [2.75, 3.05) is 6.54 Å². The second kappa shape index (κ2) is 7.84. The molecule has 4 N–H and O–H groups in total. The van der Waals surface area contributed by atoms with Gasteiger partial charge in [-0.3, -0.25) is 19.2 Å². The standard InChI is InChI=1S/C17H28N4O4/c1-9(2)7-11(17(25)21-6-4-5-12(21)15(18)23)19-16(24)14-10(3)8-13(22)20-14/h9-12,14H,4-8H2,1-3H3,(H2,18,23)(H,19,24)(H,20,22)/t10-,11+,12+,14+/m1/s1. The normalized spacial score (nSPS) is 27.3. The molecule has 0 bridgehead atoms. The second-order valence-corrected chi connectivity index (χ2v) is 7.51. The summed E-state index contributed by atoms with van der Waals surface area (Å²) in [4.78, 5) is 50.0. The summed E-state index contributed by atoms with van der Waals surface area (Å²) in [5, 5.41) is 5.43. The highest BCUT2D eigenvalue weighted by molar-refractivity contribution is 5.95. The number of nitrogens with two attached hydrogens (primary N) is 1. The van der Waals surface area contributed by atoms with Crippen molar-refractivity contribution in [3.8, 4) is 0 Å². The van der Waals surface area contributed by atoms with E-state index in [2.05, 4.69) is 10.6 Å². The number of nitrogens with zero attached hydrogens (tertiary/aromatic N) is 1. The first-order valence-electron chi connectivity index (χ1n) is 8.90. The smallest absolute Gasteiger partial charge is 0.245 e. The van der Waals surface area contributed by atoms with Crippen LogP contribution >= 0.6 is 0 Å². The van der Waals surface area contributed by atoms with E-state index in [-0.39, 0.29) is 29.6 Å². The lowest BCUT2D eigenvalue weighted by Crippen LogP contribution is -2.56. The van der Waals surface area contributed by atoms with Crippen molar-refractivity contribution < 1.29 is 19.2 Å². The fraction of sp³-hybridized carbons (Fsp3) is 0.765. The molecule has 2 rings (SSSR count). The predicted molar refractivity (Wildman–Crippen MR) is 91.0 cm³/mol. The average molecular weight is 352 g/mol. The van der Waals surface area contributed by atoms with Gasteiger partial charge in [-0.25, -0.2) is 0 Å². The molecular weight excluding hydrogens is 324 g/mol. The Kier molecular flexibility index (Phi) is 6.02. The van der Waals surface area contributed by atoms with Gasteiger partial charge in [-0.15, -0.1) is 0 Å². The number of carbonyl (C=O) groups excluding carboxylic acids is 4. The minimum absolute atomic E-state index is 0.118. The van der Waals surface area contributed by atoms with Gasteiger partial charge in [0.1, 0.15) is 18.1 Å². The lowest BCUT2D eigenvalue weighted by Gasteiger charge is -2.29. The third kappa shape index (κ3) is 4.49. The van der Waals surface area contributed by atoms with Gasteiger partial charge in [0.2, 0.25) is 23.6 Å². The predicted octanol–water partition coefficient (Wildman–Crippen LogP) is -0.482. The molecule has 0 aromatic heterocycles. The average Bonchev–Trinajstić information content (AvgIpc) is 3.11. The Balaban J connectivity index is 2.10. The Morgan fingerprint density at radius 1 is 1.36 bits per heavy atom. The summed E-state index contributed by atoms with van der Waals surface area (Å²) in [7, 11) is 0. The molecule has 8 heteroatoms. The molecule has 140 valence electrons. The number of carbonyl (C=O) groups is 4. The molecule has 8 nitrogen and oxygen atoms in total. The highest BCUT2D eigenvalue weighted by atomic mass is 16.2. The maximum absolute atomic E-state index is 12.9. The lowest BCUT2D eigenvalue weighted by molar-refractivity contribution is -0.141. The van der Waals surface area contributed by atoms with E-state index in [9.17, 15) is 19.2 Å². The van der Waals surface area contributed by atoms with Crippen LogP contribution in [-0.4, -0.2) is 53.2 Å². The number of likely N-dealkylation sites (tertiary alicyclic amines) is 1. The molecule has 0 aromatic carbocycles. The molecule has 4 atom stereocenters. The molecule has 0 aromatic rings. The Morgan fingerprint density at radius 3 is 2.56 bits per heavy atom. The largest absolute Gasteiger partial charge is 0.368 e. The van der Waals surface area contributed by atoms with E-state index >= 15 is 0 Å². The van der Waals surface area contributed by atoms with Gasteiger partial charge in [-0.1, -0.05) is 20.8 Å². The Hall–Kier alpha value is -2.12. The van der Waals surface area contributed by atoms with Gasteiger partial charge in [0.25, 0.3) is 0 Å². The van der Waals surface area contributed by atoms with Gasteiger partial charge < -0.3 is 21.3 Å². The molecule has 2 heterocycles. The summed E-state index contributed by atoms with van der Waals surface area (Å²) in [6, 6.07) is -1.96. The monoisotopic (exact) mass is 352 g/mol. The van der Waals surface area contributed by atoms with Gasteiger partial charge in [-0.2, -0.15) is 0 Å². The summed E-state index contributed by atoms with van der Waals surface area (Å²) in [6.45, 7) is 6.21. The van der Waals surface area contributed by atoms with Crippen molar-refractivity contribution in [1.82, 2.24) is 15.5 Å². The summed E-state index contributed by atoms with van der Waals surface area (Å²) in [5.74, 6) is -1.25. The van der Waals surface area contributed by atoms with Crippen LogP contribution in [0.5, 0.6) is 0 Å². The van der Waals surface area contributed by atoms with Gasteiger partial charge in [0, 0.05) is 13.0 Å². The fourth-order valence-corrected chi connectivity index (χ4v) is 3.59. The number of primary amides is 1. The first-order valence-corrected chi connectivity index (χ1v) is 8.90. The second-order valence-electron chi connectivity index (χ2n) is 7.51. The summed E-state index contributed by atoms with van der Waals surface area (Å²) in [5.41, 5.74) is 5.39. The van der Waals surface area contributed by atoms with Crippen LogP contribution in [0.2, 0.25) is 0 Å². The van der Waals surface area contributed by atoms with Crippen LogP contribution in [0.3, 0.4) is 0 Å². The zero-order valence-corrected chi connectivity index (χ0v) is 15.1. The van der Waals surface area contributed by atoms with Gasteiger partial charge in [-0.05, 0) is 31.1 Å². The van der Waals surface area contributed by atoms with Crippen LogP contribution in [0.1, 0.15) is 46.5 Å². The Labute approximate surface area is 147 Å². The van der Waals surface area contributed by atoms with Gasteiger partial charge in [0.05, 0.1) is 0 Å². The summed E-state index contributed by atoms with van der Waals surface area (Å²) in [6.07, 6.45) is 2.04. The lowest BCUT2D eigenvalue weighted by atomic mass is 9.99. The first kappa shape index (κ1) is 19.2. The number of nitrogens with one attached hydrogen (secondary N) is 2. The quantitative estimate of drug-likeness (QED) is 0.597. The van der Waals surface area contributed by atoms with Gasteiger partial charge >= 0.3 is 0 Å². The molecule has 0 aliphatic carbocycles. The van der Waals surface area contributed by atoms with Crippen LogP contribution < -0.4 is 16.4 Å². The van der Waals surface area contributed by atoms with Crippen LogP contribution in [0.25, 0.3) is 0 Å². The molecule has 0 spiro atoms. The summed E-state index contributed by atoms with van der Waals surface area (Å²) < 4.78 is 0. The topological polar surface area (TPSA) is 122 Å². The Morgan fingerprint density at radius 2 is 2.04 bits per heavy atom. The number of rotatable bonds is 6. The van der Waals surface area contributed by atoms with Gasteiger partial charge in [0.15, 0.2) is 0 Å². The number of hydrogen-bond acceptors (Lipinski definition) is 4. The minimum atomic E-state index is -0.725. The van der Waals surface area contributed by atoms with Crippen LogP contribution in [0, 0.1) is 11.8 Å². The molecular formula is C17H28N4O4. The zero-order chi connectivity index (χ0) is 18.7. The van der Waals surface area contributed by atoms with Crippen LogP contribution in [0.4, 0.5) is 0 Å². The van der Waals surface area contributed by atoms with E-state index < -0.39 is 24.0 Å². The van der Waals surface area contributed by atoms with Crippen molar-refractivity contribution in [3.63, 3.8) is 0 Å². The number of hydrogen-bond donors (Lipinski definition) is 3. The molecule has 2 fully saturated rings. The van der Waals surface area contributed by atoms with Crippen LogP contribution in [-0.2, 0) is 19.2 Å². The van der Waals surface area contributed by atoms with E-state index in [0.29, 0.717) is 25.8 Å². The van der Waals surface area contributed by atoms with Crippen molar-refractivity contribution in [1.29, 1.82) is 0 Å². The maximum Gasteiger partial charge on any atom is 0.245 e. The van der Waals surface area contributed by atoms with E-state index in [0.717, 1.165) is 6.42 Å². The molecule has 2 aliphatic rings. The van der Waals surface area contributed by atoms with Crippen molar-refractivity contribution in [2.24, 2.45) is 17.6 Å². The molecule has 4 amide bonds. The van der Waals surface area contributed by atoms with Crippen molar-refractivity contribution in [3.05, 3.63) is 0 Å². The third-order valence-corrected chi connectivity index (χ3v) is 4.86. The molecule has 25 heavy (non-hydrogen) atoms. The molecule has 2 aliphatic heterocycles. The van der Waals surface area contributed by atoms with E-state index in [1.807, 2.05) is 20.8 Å². The van der Waals surface area contributed by atoms with E-state index in [4.69, 9.17) is 5.73 Å². The number of amides is 4. The third-order valence-electron chi connectivity index (χ3n) is 4.86. The van der Waals surface area contributed by atoms with E-state index in [1.165, 1.54) is 4.90 Å². The molecule has 0 radical (unpaired) electrons. The first-order chi connectivity index (χ1) is 11.7. The fourth-order valence-electron chi connectivity index (χ4n) is 3.59. The summed E-state index contributed by atoms with van der Waals surface area (Å²) >= 11 is 0. The highest BCUT2D eigenvalue weighted by Gasteiger charge is 2.39. The molecule has 0 saturated carbocycles. The molecule has 0 unspecified atom stereocenters. The Bertz CT molecular complexity index is 563. The minimum Gasteiger partial charge on any atom is -0.368 e. The van der Waals surface area contributed by atoms with E-state index in [1.54, 1.807) is 0 Å². The highest BCUT2D eigenvalue weighted by Crippen LogP contribution is 2.21. The maximum atomic E-state index is 12.9. The zero-order valence-electron chi connectivity index (χ0n) is 15.1.